The van der Waals surface area contributed by atoms with Crippen LogP contribution in [0.4, 0.5) is 5.69 Å². The van der Waals surface area contributed by atoms with Gasteiger partial charge >= 0.3 is 5.97 Å². The van der Waals surface area contributed by atoms with E-state index in [1.165, 1.54) is 11.8 Å². The molecule has 0 aliphatic carbocycles. The standard InChI is InChI=1S/C17H14N2O3S/c1-10-3-8-14(23-10)9-15-17(21)22-16(19-15)12-4-6-13(7-5-12)18-11(2)20/h3-9H,1-2H3,(H,18,20)/b15-9+. The number of rotatable bonds is 3. The predicted molar refractivity (Wildman–Crippen MR) is 90.4 cm³/mol. The fourth-order valence-corrected chi connectivity index (χ4v) is 2.91. The molecule has 1 amide bonds. The zero-order valence-electron chi connectivity index (χ0n) is 12.6. The maximum Gasteiger partial charge on any atom is 0.363 e. The molecule has 0 atom stereocenters. The SMILES string of the molecule is CC(=O)Nc1ccc(C2=N/C(=C/c3ccc(C)s3)C(=O)O2)cc1. The smallest absolute Gasteiger partial charge is 0.363 e. The molecule has 1 aliphatic rings. The van der Waals surface area contributed by atoms with E-state index in [-0.39, 0.29) is 17.5 Å². The molecule has 6 heteroatoms. The number of hydrogen-bond donors (Lipinski definition) is 1. The molecule has 1 aromatic carbocycles. The minimum absolute atomic E-state index is 0.140. The Hall–Kier alpha value is -2.73. The van der Waals surface area contributed by atoms with Crippen molar-refractivity contribution in [1.82, 2.24) is 0 Å². The van der Waals surface area contributed by atoms with E-state index in [1.54, 1.807) is 41.7 Å². The van der Waals surface area contributed by atoms with Gasteiger partial charge in [0.15, 0.2) is 5.70 Å². The molecule has 0 saturated carbocycles. The quantitative estimate of drug-likeness (QED) is 0.694. The highest BCUT2D eigenvalue weighted by molar-refractivity contribution is 7.12. The van der Waals surface area contributed by atoms with Crippen molar-refractivity contribution in [3.63, 3.8) is 0 Å². The van der Waals surface area contributed by atoms with Crippen LogP contribution in [0.2, 0.25) is 0 Å². The normalized spacial score (nSPS) is 15.5. The summed E-state index contributed by atoms with van der Waals surface area (Å²) in [5.41, 5.74) is 1.64. The fraction of sp³-hybridized carbons (Fsp3) is 0.118. The Morgan fingerprint density at radius 1 is 1.22 bits per heavy atom. The van der Waals surface area contributed by atoms with Gasteiger partial charge in [0, 0.05) is 27.9 Å². The van der Waals surface area contributed by atoms with Crippen molar-refractivity contribution in [2.45, 2.75) is 13.8 Å². The topological polar surface area (TPSA) is 67.8 Å². The number of anilines is 1. The molecule has 0 bridgehead atoms. The maximum absolute atomic E-state index is 11.9. The molecular weight excluding hydrogens is 312 g/mol. The highest BCUT2D eigenvalue weighted by Crippen LogP contribution is 2.23. The first-order valence-corrected chi connectivity index (χ1v) is 7.80. The van der Waals surface area contributed by atoms with Gasteiger partial charge in [-0.25, -0.2) is 9.79 Å². The summed E-state index contributed by atoms with van der Waals surface area (Å²) in [5, 5.41) is 2.68. The third kappa shape index (κ3) is 3.54. The van der Waals surface area contributed by atoms with Crippen molar-refractivity contribution in [2.24, 2.45) is 4.99 Å². The first kappa shape index (κ1) is 15.2. The summed E-state index contributed by atoms with van der Waals surface area (Å²) in [6.45, 7) is 3.45. The van der Waals surface area contributed by atoms with Crippen molar-refractivity contribution in [3.05, 3.63) is 57.4 Å². The molecule has 0 radical (unpaired) electrons. The molecule has 2 heterocycles. The molecule has 116 valence electrons. The average molecular weight is 326 g/mol. The highest BCUT2D eigenvalue weighted by atomic mass is 32.1. The van der Waals surface area contributed by atoms with Gasteiger partial charge in [0.25, 0.3) is 0 Å². The summed E-state index contributed by atoms with van der Waals surface area (Å²) >= 11 is 1.59. The van der Waals surface area contributed by atoms with Crippen LogP contribution in [0.3, 0.4) is 0 Å². The van der Waals surface area contributed by atoms with Gasteiger partial charge in [0.1, 0.15) is 0 Å². The lowest BCUT2D eigenvalue weighted by atomic mass is 10.2. The van der Waals surface area contributed by atoms with Crippen LogP contribution in [0.1, 0.15) is 22.2 Å². The molecule has 23 heavy (non-hydrogen) atoms. The lowest BCUT2D eigenvalue weighted by molar-refractivity contribution is -0.129. The minimum atomic E-state index is -0.461. The van der Waals surface area contributed by atoms with E-state index in [0.717, 1.165) is 4.88 Å². The Balaban J connectivity index is 1.83. The third-order valence-corrected chi connectivity index (χ3v) is 4.06. The number of aryl methyl sites for hydroxylation is 1. The number of aliphatic imine (C=N–C) groups is 1. The van der Waals surface area contributed by atoms with Crippen molar-refractivity contribution in [2.75, 3.05) is 5.32 Å². The largest absolute Gasteiger partial charge is 0.402 e. The van der Waals surface area contributed by atoms with E-state index >= 15 is 0 Å². The molecule has 1 aliphatic heterocycles. The summed E-state index contributed by atoms with van der Waals surface area (Å²) in [7, 11) is 0. The summed E-state index contributed by atoms with van der Waals surface area (Å²) in [4.78, 5) is 29.3. The fourth-order valence-electron chi connectivity index (χ4n) is 2.10. The van der Waals surface area contributed by atoms with E-state index in [9.17, 15) is 9.59 Å². The first-order chi connectivity index (χ1) is 11.0. The van der Waals surface area contributed by atoms with Crippen LogP contribution < -0.4 is 5.32 Å². The Bertz CT molecular complexity index is 832. The van der Waals surface area contributed by atoms with Gasteiger partial charge in [-0.05, 0) is 49.4 Å². The highest BCUT2D eigenvalue weighted by Gasteiger charge is 2.24. The number of esters is 1. The number of nitrogens with one attached hydrogen (secondary N) is 1. The van der Waals surface area contributed by atoms with Crippen LogP contribution in [0.15, 0.2) is 47.1 Å². The molecule has 0 spiro atoms. The number of thiophene rings is 1. The van der Waals surface area contributed by atoms with Crippen LogP contribution in [0.5, 0.6) is 0 Å². The zero-order chi connectivity index (χ0) is 16.4. The van der Waals surface area contributed by atoms with E-state index in [1.807, 2.05) is 19.1 Å². The van der Waals surface area contributed by atoms with Crippen LogP contribution >= 0.6 is 11.3 Å². The number of ether oxygens (including phenoxy) is 1. The molecule has 0 unspecified atom stereocenters. The lowest BCUT2D eigenvalue weighted by Gasteiger charge is -2.03. The molecule has 3 rings (SSSR count). The summed E-state index contributed by atoms with van der Waals surface area (Å²) in [6.07, 6.45) is 1.72. The van der Waals surface area contributed by atoms with Gasteiger partial charge in [0.05, 0.1) is 0 Å². The van der Waals surface area contributed by atoms with Gasteiger partial charge in [0.2, 0.25) is 11.8 Å². The number of carbonyl (C=O) groups excluding carboxylic acids is 2. The van der Waals surface area contributed by atoms with Gasteiger partial charge < -0.3 is 10.1 Å². The molecular formula is C17H14N2O3S. The molecule has 1 aromatic heterocycles. The number of nitrogens with zero attached hydrogens (tertiary/aromatic N) is 1. The van der Waals surface area contributed by atoms with E-state index in [4.69, 9.17) is 4.74 Å². The summed E-state index contributed by atoms with van der Waals surface area (Å²) in [5.74, 6) is -0.334. The Morgan fingerprint density at radius 3 is 2.57 bits per heavy atom. The number of hydrogen-bond acceptors (Lipinski definition) is 5. The molecule has 0 saturated heterocycles. The Kier molecular flexibility index (Phi) is 4.08. The molecule has 0 fully saturated rings. The second kappa shape index (κ2) is 6.18. The molecule has 5 nitrogen and oxygen atoms in total. The first-order valence-electron chi connectivity index (χ1n) is 6.98. The van der Waals surface area contributed by atoms with E-state index in [0.29, 0.717) is 11.3 Å². The maximum atomic E-state index is 11.9. The van der Waals surface area contributed by atoms with Crippen LogP contribution in [0.25, 0.3) is 6.08 Å². The van der Waals surface area contributed by atoms with E-state index in [2.05, 4.69) is 10.3 Å². The van der Waals surface area contributed by atoms with Crippen LogP contribution in [-0.4, -0.2) is 17.8 Å². The van der Waals surface area contributed by atoms with Gasteiger partial charge in [-0.3, -0.25) is 4.79 Å². The van der Waals surface area contributed by atoms with Crippen molar-refractivity contribution < 1.29 is 14.3 Å². The average Bonchev–Trinajstić information content (AvgIpc) is 3.06. The third-order valence-electron chi connectivity index (χ3n) is 3.11. The second-order valence-corrected chi connectivity index (χ2v) is 6.36. The number of benzene rings is 1. The van der Waals surface area contributed by atoms with E-state index < -0.39 is 5.97 Å². The molecule has 1 N–H and O–H groups in total. The lowest BCUT2D eigenvalue weighted by Crippen LogP contribution is -2.07. The van der Waals surface area contributed by atoms with Gasteiger partial charge in [-0.15, -0.1) is 11.3 Å². The number of carbonyl (C=O) groups is 2. The summed E-state index contributed by atoms with van der Waals surface area (Å²) in [6, 6.07) is 10.9. The van der Waals surface area contributed by atoms with Crippen molar-refractivity contribution in [1.29, 1.82) is 0 Å². The van der Waals surface area contributed by atoms with Gasteiger partial charge in [-0.1, -0.05) is 0 Å². The Labute approximate surface area is 137 Å². The Morgan fingerprint density at radius 2 is 1.96 bits per heavy atom. The van der Waals surface area contributed by atoms with Crippen LogP contribution in [-0.2, 0) is 14.3 Å². The van der Waals surface area contributed by atoms with Crippen LogP contribution in [0, 0.1) is 6.92 Å². The minimum Gasteiger partial charge on any atom is -0.402 e. The van der Waals surface area contributed by atoms with Crippen molar-refractivity contribution >= 4 is 40.9 Å². The van der Waals surface area contributed by atoms with Crippen molar-refractivity contribution in [3.8, 4) is 0 Å². The monoisotopic (exact) mass is 326 g/mol. The molecule has 2 aromatic rings. The number of cyclic esters (lactones) is 1. The predicted octanol–water partition coefficient (Wildman–Crippen LogP) is 3.36. The second-order valence-electron chi connectivity index (χ2n) is 5.04. The van der Waals surface area contributed by atoms with Gasteiger partial charge in [-0.2, -0.15) is 0 Å². The zero-order valence-corrected chi connectivity index (χ0v) is 13.4. The number of amides is 1. The summed E-state index contributed by atoms with van der Waals surface area (Å²) < 4.78 is 5.22.